The van der Waals surface area contributed by atoms with Crippen molar-refractivity contribution < 1.29 is 9.90 Å². The van der Waals surface area contributed by atoms with Crippen LogP contribution < -0.4 is 4.90 Å². The lowest BCUT2D eigenvalue weighted by Gasteiger charge is -2.32. The van der Waals surface area contributed by atoms with E-state index in [1.807, 2.05) is 0 Å². The Morgan fingerprint density at radius 2 is 1.89 bits per heavy atom. The van der Waals surface area contributed by atoms with E-state index < -0.39 is 5.97 Å². The minimum absolute atomic E-state index is 0.152. The van der Waals surface area contributed by atoms with Crippen LogP contribution in [0.25, 0.3) is 0 Å². The molecule has 3 nitrogen and oxygen atoms in total. The molecule has 0 radical (unpaired) electrons. The summed E-state index contributed by atoms with van der Waals surface area (Å²) in [6.07, 6.45) is 3.81. The summed E-state index contributed by atoms with van der Waals surface area (Å²) in [5.74, 6) is -0.798. The average molecular weight is 247 g/mol. The Morgan fingerprint density at radius 3 is 2.39 bits per heavy atom. The molecule has 1 heterocycles. The summed E-state index contributed by atoms with van der Waals surface area (Å²) >= 11 is 0. The van der Waals surface area contributed by atoms with Crippen molar-refractivity contribution in [1.29, 1.82) is 0 Å². The molecule has 0 spiro atoms. The number of anilines is 1. The topological polar surface area (TPSA) is 40.5 Å². The highest BCUT2D eigenvalue weighted by Gasteiger charge is 2.24. The van der Waals surface area contributed by atoms with Crippen molar-refractivity contribution in [3.8, 4) is 0 Å². The second kappa shape index (κ2) is 5.89. The zero-order chi connectivity index (χ0) is 13.0. The van der Waals surface area contributed by atoms with Gasteiger partial charge in [-0.2, -0.15) is 0 Å². The molecule has 1 aliphatic heterocycles. The summed E-state index contributed by atoms with van der Waals surface area (Å²) in [6, 6.07) is 8.68. The number of benzene rings is 1. The molecule has 1 aromatic rings. The molecule has 0 aliphatic carbocycles. The molecule has 0 aromatic heterocycles. The molecule has 0 amide bonds. The monoisotopic (exact) mass is 247 g/mol. The third kappa shape index (κ3) is 3.03. The van der Waals surface area contributed by atoms with Crippen LogP contribution in [0, 0.1) is 5.92 Å². The number of rotatable bonds is 4. The first-order valence-corrected chi connectivity index (χ1v) is 6.77. The molecule has 0 saturated carbocycles. The van der Waals surface area contributed by atoms with Gasteiger partial charge >= 0.3 is 5.97 Å². The van der Waals surface area contributed by atoms with Gasteiger partial charge in [0.05, 0.1) is 5.92 Å². The van der Waals surface area contributed by atoms with Gasteiger partial charge in [-0.15, -0.1) is 0 Å². The van der Waals surface area contributed by atoms with Gasteiger partial charge in [-0.05, 0) is 37.0 Å². The average Bonchev–Trinajstić information content (AvgIpc) is 2.40. The van der Waals surface area contributed by atoms with E-state index in [1.165, 1.54) is 17.7 Å². The van der Waals surface area contributed by atoms with Crippen molar-refractivity contribution in [2.24, 2.45) is 5.92 Å². The Hall–Kier alpha value is -1.51. The first-order valence-electron chi connectivity index (χ1n) is 6.77. The van der Waals surface area contributed by atoms with Gasteiger partial charge in [0.15, 0.2) is 0 Å². The number of piperidine rings is 1. The Morgan fingerprint density at radius 1 is 1.28 bits per heavy atom. The van der Waals surface area contributed by atoms with E-state index in [0.717, 1.165) is 32.4 Å². The lowest BCUT2D eigenvalue weighted by molar-refractivity contribution is -0.142. The predicted molar refractivity (Wildman–Crippen MR) is 73.0 cm³/mol. The number of carboxylic acids is 1. The fourth-order valence-electron chi connectivity index (χ4n) is 2.55. The first kappa shape index (κ1) is 12.9. The van der Waals surface area contributed by atoms with Crippen LogP contribution in [-0.4, -0.2) is 24.2 Å². The molecule has 0 bridgehead atoms. The van der Waals surface area contributed by atoms with Crippen molar-refractivity contribution in [3.63, 3.8) is 0 Å². The van der Waals surface area contributed by atoms with Crippen molar-refractivity contribution >= 4 is 11.7 Å². The molecule has 1 saturated heterocycles. The second-order valence-corrected chi connectivity index (χ2v) is 5.02. The van der Waals surface area contributed by atoms with Gasteiger partial charge in [0, 0.05) is 18.8 Å². The maximum Gasteiger partial charge on any atom is 0.306 e. The summed E-state index contributed by atoms with van der Waals surface area (Å²) in [5.41, 5.74) is 2.60. The standard InChI is InChI=1S/C15H21NO2/c1-2-3-12-4-6-14(7-5-12)16-10-8-13(9-11-16)15(17)18/h4-7,13H,2-3,8-11H2,1H3,(H,17,18). The van der Waals surface area contributed by atoms with Crippen LogP contribution in [0.1, 0.15) is 31.7 Å². The highest BCUT2D eigenvalue weighted by atomic mass is 16.4. The number of nitrogens with zero attached hydrogens (tertiary/aromatic N) is 1. The maximum atomic E-state index is 10.9. The minimum atomic E-state index is -0.645. The van der Waals surface area contributed by atoms with Crippen LogP contribution >= 0.6 is 0 Å². The Bertz CT molecular complexity index is 391. The van der Waals surface area contributed by atoms with Gasteiger partial charge in [0.2, 0.25) is 0 Å². The summed E-state index contributed by atoms with van der Waals surface area (Å²) in [6.45, 7) is 3.89. The van der Waals surface area contributed by atoms with Crippen LogP contribution in [0.3, 0.4) is 0 Å². The molecule has 0 unspecified atom stereocenters. The molecule has 1 fully saturated rings. The van der Waals surface area contributed by atoms with Gasteiger partial charge in [-0.25, -0.2) is 0 Å². The number of hydrogen-bond acceptors (Lipinski definition) is 2. The SMILES string of the molecule is CCCc1ccc(N2CCC(C(=O)O)CC2)cc1. The van der Waals surface area contributed by atoms with E-state index in [9.17, 15) is 4.79 Å². The molecule has 1 N–H and O–H groups in total. The quantitative estimate of drug-likeness (QED) is 0.889. The van der Waals surface area contributed by atoms with Gasteiger partial charge < -0.3 is 10.0 Å². The van der Waals surface area contributed by atoms with Crippen LogP contribution in [0.2, 0.25) is 0 Å². The van der Waals surface area contributed by atoms with Gasteiger partial charge in [0.1, 0.15) is 0 Å². The van der Waals surface area contributed by atoms with Crippen molar-refractivity contribution in [3.05, 3.63) is 29.8 Å². The molecule has 3 heteroatoms. The van der Waals surface area contributed by atoms with Gasteiger partial charge in [-0.1, -0.05) is 25.5 Å². The number of aryl methyl sites for hydroxylation is 1. The smallest absolute Gasteiger partial charge is 0.306 e. The molecule has 98 valence electrons. The fraction of sp³-hybridized carbons (Fsp3) is 0.533. The molecule has 2 rings (SSSR count). The Balaban J connectivity index is 1.95. The number of carbonyl (C=O) groups is 1. The normalized spacial score (nSPS) is 16.8. The van der Waals surface area contributed by atoms with Crippen LogP contribution in [0.5, 0.6) is 0 Å². The second-order valence-electron chi connectivity index (χ2n) is 5.02. The van der Waals surface area contributed by atoms with E-state index >= 15 is 0 Å². The number of aliphatic carboxylic acids is 1. The maximum absolute atomic E-state index is 10.9. The summed E-state index contributed by atoms with van der Waals surface area (Å²) in [7, 11) is 0. The molecule has 0 atom stereocenters. The molecular formula is C15H21NO2. The predicted octanol–water partition coefficient (Wildman–Crippen LogP) is 2.94. The van der Waals surface area contributed by atoms with Crippen LogP contribution in [-0.2, 0) is 11.2 Å². The third-order valence-corrected chi connectivity index (χ3v) is 3.68. The first-order chi connectivity index (χ1) is 8.70. The highest BCUT2D eigenvalue weighted by molar-refractivity contribution is 5.70. The zero-order valence-electron chi connectivity index (χ0n) is 10.9. The summed E-state index contributed by atoms with van der Waals surface area (Å²) < 4.78 is 0. The zero-order valence-corrected chi connectivity index (χ0v) is 10.9. The van der Waals surface area contributed by atoms with E-state index in [4.69, 9.17) is 5.11 Å². The summed E-state index contributed by atoms with van der Waals surface area (Å²) in [4.78, 5) is 13.2. The minimum Gasteiger partial charge on any atom is -0.481 e. The van der Waals surface area contributed by atoms with Crippen LogP contribution in [0.4, 0.5) is 5.69 Å². The lowest BCUT2D eigenvalue weighted by Crippen LogP contribution is -2.36. The molecule has 1 aromatic carbocycles. The molecular weight excluding hydrogens is 226 g/mol. The third-order valence-electron chi connectivity index (χ3n) is 3.68. The number of carboxylic acid groups (broad SMARTS) is 1. The Labute approximate surface area is 108 Å². The van der Waals surface area contributed by atoms with E-state index in [-0.39, 0.29) is 5.92 Å². The van der Waals surface area contributed by atoms with Crippen LogP contribution in [0.15, 0.2) is 24.3 Å². The number of hydrogen-bond donors (Lipinski definition) is 1. The Kier molecular flexibility index (Phi) is 4.24. The highest BCUT2D eigenvalue weighted by Crippen LogP contribution is 2.23. The molecule has 1 aliphatic rings. The van der Waals surface area contributed by atoms with Crippen molar-refractivity contribution in [2.45, 2.75) is 32.6 Å². The van der Waals surface area contributed by atoms with Gasteiger partial charge in [-0.3, -0.25) is 4.79 Å². The van der Waals surface area contributed by atoms with E-state index in [0.29, 0.717) is 0 Å². The van der Waals surface area contributed by atoms with E-state index in [1.54, 1.807) is 0 Å². The summed E-state index contributed by atoms with van der Waals surface area (Å²) in [5, 5.41) is 8.97. The van der Waals surface area contributed by atoms with Crippen molar-refractivity contribution in [1.82, 2.24) is 0 Å². The largest absolute Gasteiger partial charge is 0.481 e. The van der Waals surface area contributed by atoms with Crippen molar-refractivity contribution in [2.75, 3.05) is 18.0 Å². The fourth-order valence-corrected chi connectivity index (χ4v) is 2.55. The molecule has 18 heavy (non-hydrogen) atoms. The van der Waals surface area contributed by atoms with E-state index in [2.05, 4.69) is 36.1 Å². The lowest BCUT2D eigenvalue weighted by atomic mass is 9.96. The van der Waals surface area contributed by atoms with Gasteiger partial charge in [0.25, 0.3) is 0 Å².